The molecular formula is C7H9N3O. The molecular weight excluding hydrogens is 142 g/mol. The standard InChI is InChI=1S/C7H9N3O/c1-10-5-3-2-4-8-6(5)9-7(10)11/h2-4,7,11H,1H3,(H,8,9). The van der Waals surface area contributed by atoms with Crippen molar-refractivity contribution in [2.75, 3.05) is 17.3 Å². The molecule has 1 aromatic rings. The molecule has 0 amide bonds. The third-order valence-corrected chi connectivity index (χ3v) is 1.80. The Morgan fingerprint density at radius 3 is 3.27 bits per heavy atom. The maximum Gasteiger partial charge on any atom is 0.206 e. The van der Waals surface area contributed by atoms with Gasteiger partial charge < -0.3 is 15.3 Å². The van der Waals surface area contributed by atoms with Crippen LogP contribution in [0.25, 0.3) is 0 Å². The number of nitrogens with one attached hydrogen (secondary N) is 1. The van der Waals surface area contributed by atoms with Crippen LogP contribution in [0.3, 0.4) is 0 Å². The fourth-order valence-corrected chi connectivity index (χ4v) is 1.14. The first-order valence-electron chi connectivity index (χ1n) is 3.41. The molecule has 4 nitrogen and oxygen atoms in total. The summed E-state index contributed by atoms with van der Waals surface area (Å²) in [6.45, 7) is 0. The summed E-state index contributed by atoms with van der Waals surface area (Å²) < 4.78 is 0. The van der Waals surface area contributed by atoms with Gasteiger partial charge in [-0.15, -0.1) is 0 Å². The molecule has 0 radical (unpaired) electrons. The van der Waals surface area contributed by atoms with Gasteiger partial charge in [0.25, 0.3) is 0 Å². The molecule has 0 aromatic carbocycles. The first kappa shape index (κ1) is 6.42. The average Bonchev–Trinajstić information content (AvgIpc) is 2.30. The number of hydrogen-bond donors (Lipinski definition) is 2. The third-order valence-electron chi connectivity index (χ3n) is 1.80. The lowest BCUT2D eigenvalue weighted by Gasteiger charge is -2.14. The number of nitrogens with zero attached hydrogens (tertiary/aromatic N) is 2. The van der Waals surface area contributed by atoms with E-state index in [9.17, 15) is 5.11 Å². The van der Waals surface area contributed by atoms with Crippen LogP contribution in [-0.2, 0) is 0 Å². The molecule has 0 aliphatic carbocycles. The summed E-state index contributed by atoms with van der Waals surface area (Å²) in [5.74, 6) is 0.738. The zero-order valence-electron chi connectivity index (χ0n) is 6.15. The minimum absolute atomic E-state index is 0.639. The number of rotatable bonds is 0. The third kappa shape index (κ3) is 0.832. The maximum absolute atomic E-state index is 9.29. The van der Waals surface area contributed by atoms with Crippen LogP contribution >= 0.6 is 0 Å². The largest absolute Gasteiger partial charge is 0.356 e. The molecule has 1 aromatic heterocycles. The van der Waals surface area contributed by atoms with E-state index >= 15 is 0 Å². The van der Waals surface area contributed by atoms with Gasteiger partial charge >= 0.3 is 0 Å². The highest BCUT2D eigenvalue weighted by atomic mass is 16.3. The van der Waals surface area contributed by atoms with Crippen LogP contribution in [0.2, 0.25) is 0 Å². The molecule has 4 heteroatoms. The fourth-order valence-electron chi connectivity index (χ4n) is 1.14. The molecule has 1 atom stereocenters. The van der Waals surface area contributed by atoms with E-state index in [-0.39, 0.29) is 0 Å². The average molecular weight is 151 g/mol. The molecule has 2 N–H and O–H groups in total. The van der Waals surface area contributed by atoms with Gasteiger partial charge in [-0.1, -0.05) is 0 Å². The van der Waals surface area contributed by atoms with Crippen molar-refractivity contribution >= 4 is 11.5 Å². The normalized spacial score (nSPS) is 21.3. The minimum Gasteiger partial charge on any atom is -0.356 e. The molecule has 2 heterocycles. The number of hydrogen-bond acceptors (Lipinski definition) is 4. The zero-order chi connectivity index (χ0) is 7.84. The SMILES string of the molecule is CN1c2cccnc2NC1O. The summed E-state index contributed by atoms with van der Waals surface area (Å²) in [6, 6.07) is 3.75. The minimum atomic E-state index is -0.639. The van der Waals surface area contributed by atoms with Crippen LogP contribution in [0.15, 0.2) is 18.3 Å². The molecule has 1 aliphatic heterocycles. The van der Waals surface area contributed by atoms with Crippen molar-refractivity contribution in [2.45, 2.75) is 6.35 Å². The van der Waals surface area contributed by atoms with Gasteiger partial charge in [0, 0.05) is 13.2 Å². The van der Waals surface area contributed by atoms with Gasteiger partial charge in [-0.3, -0.25) is 0 Å². The van der Waals surface area contributed by atoms with Crippen LogP contribution < -0.4 is 10.2 Å². The predicted octanol–water partition coefficient (Wildman–Crippen LogP) is 0.219. The van der Waals surface area contributed by atoms with Crippen LogP contribution in [-0.4, -0.2) is 23.5 Å². The highest BCUT2D eigenvalue weighted by Gasteiger charge is 2.23. The van der Waals surface area contributed by atoms with Crippen LogP contribution in [0.5, 0.6) is 0 Å². The lowest BCUT2D eigenvalue weighted by atomic mass is 10.4. The smallest absolute Gasteiger partial charge is 0.206 e. The van der Waals surface area contributed by atoms with Gasteiger partial charge in [-0.2, -0.15) is 0 Å². The number of pyridine rings is 1. The summed E-state index contributed by atoms with van der Waals surface area (Å²) >= 11 is 0. The molecule has 58 valence electrons. The second-order valence-electron chi connectivity index (χ2n) is 2.50. The number of aliphatic hydroxyl groups excluding tert-OH is 1. The van der Waals surface area contributed by atoms with E-state index in [1.807, 2.05) is 19.2 Å². The highest BCUT2D eigenvalue weighted by molar-refractivity contribution is 5.70. The number of anilines is 2. The van der Waals surface area contributed by atoms with Crippen molar-refractivity contribution < 1.29 is 5.11 Å². The lowest BCUT2D eigenvalue weighted by Crippen LogP contribution is -2.31. The maximum atomic E-state index is 9.29. The Morgan fingerprint density at radius 2 is 2.55 bits per heavy atom. The Hall–Kier alpha value is -1.29. The number of fused-ring (bicyclic) bond motifs is 1. The molecule has 1 unspecified atom stereocenters. The Kier molecular flexibility index (Phi) is 1.22. The van der Waals surface area contributed by atoms with Crippen LogP contribution in [0.4, 0.5) is 11.5 Å². The van der Waals surface area contributed by atoms with E-state index in [0.29, 0.717) is 0 Å². The Balaban J connectivity index is 2.47. The predicted molar refractivity (Wildman–Crippen MR) is 42.3 cm³/mol. The summed E-state index contributed by atoms with van der Waals surface area (Å²) in [5.41, 5.74) is 0.931. The molecule has 0 spiro atoms. The monoisotopic (exact) mass is 151 g/mol. The highest BCUT2D eigenvalue weighted by Crippen LogP contribution is 2.29. The van der Waals surface area contributed by atoms with Crippen molar-refractivity contribution in [2.24, 2.45) is 0 Å². The van der Waals surface area contributed by atoms with Crippen molar-refractivity contribution in [1.29, 1.82) is 0 Å². The molecule has 0 saturated heterocycles. The second-order valence-corrected chi connectivity index (χ2v) is 2.50. The molecule has 1 aliphatic rings. The van der Waals surface area contributed by atoms with E-state index in [2.05, 4.69) is 10.3 Å². The summed E-state index contributed by atoms with van der Waals surface area (Å²) in [6.07, 6.45) is 1.05. The Morgan fingerprint density at radius 1 is 1.73 bits per heavy atom. The fraction of sp³-hybridized carbons (Fsp3) is 0.286. The quantitative estimate of drug-likeness (QED) is 0.557. The van der Waals surface area contributed by atoms with Gasteiger partial charge in [0.1, 0.15) is 0 Å². The van der Waals surface area contributed by atoms with E-state index < -0.39 is 6.35 Å². The van der Waals surface area contributed by atoms with Crippen LogP contribution in [0.1, 0.15) is 0 Å². The summed E-state index contributed by atoms with van der Waals surface area (Å²) in [5, 5.41) is 12.1. The lowest BCUT2D eigenvalue weighted by molar-refractivity contribution is 0.210. The van der Waals surface area contributed by atoms with E-state index in [1.165, 1.54) is 0 Å². The molecule has 0 fully saturated rings. The molecule has 0 saturated carbocycles. The molecule has 0 bridgehead atoms. The zero-order valence-corrected chi connectivity index (χ0v) is 6.15. The first-order chi connectivity index (χ1) is 5.29. The topological polar surface area (TPSA) is 48.4 Å². The van der Waals surface area contributed by atoms with Gasteiger partial charge in [0.05, 0.1) is 5.69 Å². The number of aliphatic hydroxyl groups is 1. The van der Waals surface area contributed by atoms with Gasteiger partial charge in [-0.05, 0) is 12.1 Å². The molecule has 11 heavy (non-hydrogen) atoms. The van der Waals surface area contributed by atoms with E-state index in [1.54, 1.807) is 11.1 Å². The summed E-state index contributed by atoms with van der Waals surface area (Å²) in [7, 11) is 1.81. The van der Waals surface area contributed by atoms with Crippen molar-refractivity contribution in [3.8, 4) is 0 Å². The molecule has 2 rings (SSSR count). The van der Waals surface area contributed by atoms with Gasteiger partial charge in [0.15, 0.2) is 5.82 Å². The summed E-state index contributed by atoms with van der Waals surface area (Å²) in [4.78, 5) is 5.77. The second kappa shape index (κ2) is 2.10. The van der Waals surface area contributed by atoms with Gasteiger partial charge in [-0.25, -0.2) is 4.98 Å². The Labute approximate surface area is 64.5 Å². The van der Waals surface area contributed by atoms with Crippen LogP contribution in [0, 0.1) is 0 Å². The first-order valence-corrected chi connectivity index (χ1v) is 3.41. The van der Waals surface area contributed by atoms with Crippen molar-refractivity contribution in [3.05, 3.63) is 18.3 Å². The van der Waals surface area contributed by atoms with Gasteiger partial charge in [0.2, 0.25) is 6.35 Å². The van der Waals surface area contributed by atoms with E-state index in [4.69, 9.17) is 0 Å². The van der Waals surface area contributed by atoms with Crippen molar-refractivity contribution in [3.63, 3.8) is 0 Å². The van der Waals surface area contributed by atoms with Crippen molar-refractivity contribution in [1.82, 2.24) is 4.98 Å². The van der Waals surface area contributed by atoms with E-state index in [0.717, 1.165) is 11.5 Å². The number of aromatic nitrogens is 1. The Bertz CT molecular complexity index is 276.